The first-order valence-electron chi connectivity index (χ1n) is 9.79. The van der Waals surface area contributed by atoms with Gasteiger partial charge in [-0.2, -0.15) is 0 Å². The maximum atomic E-state index is 12.4. The van der Waals surface area contributed by atoms with Crippen molar-refractivity contribution in [3.63, 3.8) is 0 Å². The summed E-state index contributed by atoms with van der Waals surface area (Å²) in [6.07, 6.45) is 2.39. The molecular formula is C24H27N3O2. The predicted molar refractivity (Wildman–Crippen MR) is 117 cm³/mol. The molecule has 0 aliphatic carbocycles. The smallest absolute Gasteiger partial charge is 0.269 e. The van der Waals surface area contributed by atoms with Crippen LogP contribution in [-0.2, 0) is 6.42 Å². The van der Waals surface area contributed by atoms with E-state index in [1.807, 2.05) is 42.5 Å². The van der Waals surface area contributed by atoms with Crippen LogP contribution in [0, 0.1) is 0 Å². The van der Waals surface area contributed by atoms with Gasteiger partial charge in [0.05, 0.1) is 7.11 Å². The standard InChI is InChI=1S/C24H27N3O2/c1-17(2)19-6-8-20(9-7-19)27-21-13-15-25-23(16-21)24(28)26-14-12-18-4-10-22(29-3)11-5-18/h4-11,13,15-17H,12,14H2,1-3H3,(H,25,27)(H,26,28). The third-order valence-electron chi connectivity index (χ3n) is 4.72. The van der Waals surface area contributed by atoms with Crippen molar-refractivity contribution in [1.82, 2.24) is 10.3 Å². The number of ether oxygens (including phenoxy) is 1. The van der Waals surface area contributed by atoms with Crippen molar-refractivity contribution in [2.75, 3.05) is 19.0 Å². The summed E-state index contributed by atoms with van der Waals surface area (Å²) in [7, 11) is 1.64. The zero-order valence-electron chi connectivity index (χ0n) is 17.1. The molecule has 1 amide bonds. The fraction of sp³-hybridized carbons (Fsp3) is 0.250. The Morgan fingerprint density at radius 3 is 2.38 bits per heavy atom. The Balaban J connectivity index is 1.55. The van der Waals surface area contributed by atoms with Crippen LogP contribution in [0.1, 0.15) is 41.4 Å². The molecule has 0 fully saturated rings. The minimum atomic E-state index is -0.183. The van der Waals surface area contributed by atoms with E-state index in [0.29, 0.717) is 18.2 Å². The lowest BCUT2D eigenvalue weighted by molar-refractivity contribution is 0.0949. The first-order valence-corrected chi connectivity index (χ1v) is 9.79. The molecule has 29 heavy (non-hydrogen) atoms. The summed E-state index contributed by atoms with van der Waals surface area (Å²) < 4.78 is 5.16. The Bertz CT molecular complexity index is 935. The summed E-state index contributed by atoms with van der Waals surface area (Å²) >= 11 is 0. The maximum Gasteiger partial charge on any atom is 0.269 e. The molecule has 0 radical (unpaired) electrons. The van der Waals surface area contributed by atoms with Gasteiger partial charge in [0.15, 0.2) is 0 Å². The minimum Gasteiger partial charge on any atom is -0.497 e. The van der Waals surface area contributed by atoms with E-state index in [4.69, 9.17) is 4.74 Å². The van der Waals surface area contributed by atoms with Gasteiger partial charge < -0.3 is 15.4 Å². The van der Waals surface area contributed by atoms with Gasteiger partial charge in [0.1, 0.15) is 11.4 Å². The van der Waals surface area contributed by atoms with Gasteiger partial charge in [-0.1, -0.05) is 38.1 Å². The Kier molecular flexibility index (Phi) is 6.85. The van der Waals surface area contributed by atoms with Crippen LogP contribution in [0.25, 0.3) is 0 Å². The highest BCUT2D eigenvalue weighted by molar-refractivity contribution is 5.93. The highest BCUT2D eigenvalue weighted by atomic mass is 16.5. The van der Waals surface area contributed by atoms with E-state index in [9.17, 15) is 4.79 Å². The Morgan fingerprint density at radius 1 is 1.00 bits per heavy atom. The van der Waals surface area contributed by atoms with Crippen LogP contribution in [0.3, 0.4) is 0 Å². The van der Waals surface area contributed by atoms with Crippen molar-refractivity contribution in [2.24, 2.45) is 0 Å². The van der Waals surface area contributed by atoms with Gasteiger partial charge in [-0.3, -0.25) is 9.78 Å². The third-order valence-corrected chi connectivity index (χ3v) is 4.72. The Morgan fingerprint density at radius 2 is 1.72 bits per heavy atom. The molecule has 2 aromatic carbocycles. The first kappa shape index (κ1) is 20.4. The molecule has 0 saturated heterocycles. The molecule has 0 atom stereocenters. The number of hydrogen-bond acceptors (Lipinski definition) is 4. The number of pyridine rings is 1. The average molecular weight is 389 g/mol. The number of nitrogens with one attached hydrogen (secondary N) is 2. The molecule has 0 aliphatic heterocycles. The Labute approximate surface area is 172 Å². The molecular weight excluding hydrogens is 362 g/mol. The zero-order valence-corrected chi connectivity index (χ0v) is 17.1. The molecule has 2 N–H and O–H groups in total. The lowest BCUT2D eigenvalue weighted by Crippen LogP contribution is -2.26. The van der Waals surface area contributed by atoms with E-state index in [2.05, 4.69) is 41.6 Å². The van der Waals surface area contributed by atoms with Crippen LogP contribution in [0.2, 0.25) is 0 Å². The van der Waals surface area contributed by atoms with Gasteiger partial charge >= 0.3 is 0 Å². The van der Waals surface area contributed by atoms with Crippen molar-refractivity contribution in [2.45, 2.75) is 26.2 Å². The van der Waals surface area contributed by atoms with Crippen molar-refractivity contribution in [1.29, 1.82) is 0 Å². The second kappa shape index (κ2) is 9.73. The van der Waals surface area contributed by atoms with Gasteiger partial charge in [0, 0.05) is 24.1 Å². The molecule has 0 aliphatic rings. The summed E-state index contributed by atoms with van der Waals surface area (Å²) in [5.74, 6) is 1.14. The predicted octanol–water partition coefficient (Wildman–Crippen LogP) is 4.93. The van der Waals surface area contributed by atoms with Gasteiger partial charge in [-0.15, -0.1) is 0 Å². The highest BCUT2D eigenvalue weighted by Gasteiger charge is 2.08. The summed E-state index contributed by atoms with van der Waals surface area (Å²) in [4.78, 5) is 16.6. The molecule has 0 spiro atoms. The number of anilines is 2. The molecule has 0 saturated carbocycles. The lowest BCUT2D eigenvalue weighted by atomic mass is 10.0. The summed E-state index contributed by atoms with van der Waals surface area (Å²) in [5, 5.41) is 6.25. The molecule has 5 nitrogen and oxygen atoms in total. The van der Waals surface area contributed by atoms with Crippen molar-refractivity contribution < 1.29 is 9.53 Å². The monoisotopic (exact) mass is 389 g/mol. The van der Waals surface area contributed by atoms with Crippen molar-refractivity contribution in [3.05, 3.63) is 83.7 Å². The van der Waals surface area contributed by atoms with Crippen LogP contribution in [0.15, 0.2) is 66.9 Å². The van der Waals surface area contributed by atoms with Gasteiger partial charge in [0.2, 0.25) is 0 Å². The molecule has 3 rings (SSSR count). The normalized spacial score (nSPS) is 10.6. The third kappa shape index (κ3) is 5.82. The van der Waals surface area contributed by atoms with Gasteiger partial charge in [0.25, 0.3) is 5.91 Å². The summed E-state index contributed by atoms with van der Waals surface area (Å²) in [6, 6.07) is 19.8. The molecule has 5 heteroatoms. The summed E-state index contributed by atoms with van der Waals surface area (Å²) in [5.41, 5.74) is 4.63. The van der Waals surface area contributed by atoms with Gasteiger partial charge in [-0.25, -0.2) is 0 Å². The first-order chi connectivity index (χ1) is 14.0. The second-order valence-corrected chi connectivity index (χ2v) is 7.19. The number of methoxy groups -OCH3 is 1. The molecule has 1 heterocycles. The van der Waals surface area contributed by atoms with E-state index in [-0.39, 0.29) is 5.91 Å². The van der Waals surface area contributed by atoms with Crippen molar-refractivity contribution in [3.8, 4) is 5.75 Å². The van der Waals surface area contributed by atoms with E-state index < -0.39 is 0 Å². The van der Waals surface area contributed by atoms with E-state index in [1.165, 1.54) is 5.56 Å². The number of carbonyl (C=O) groups is 1. The number of carbonyl (C=O) groups excluding carboxylic acids is 1. The number of nitrogens with zero attached hydrogens (tertiary/aromatic N) is 1. The number of amides is 1. The number of hydrogen-bond donors (Lipinski definition) is 2. The van der Waals surface area contributed by atoms with E-state index >= 15 is 0 Å². The van der Waals surface area contributed by atoms with Crippen molar-refractivity contribution >= 4 is 17.3 Å². The Hall–Kier alpha value is -3.34. The number of rotatable bonds is 8. The SMILES string of the molecule is COc1ccc(CCNC(=O)c2cc(Nc3ccc(C(C)C)cc3)ccn2)cc1. The largest absolute Gasteiger partial charge is 0.497 e. The van der Waals surface area contributed by atoms with Gasteiger partial charge in [-0.05, 0) is 59.9 Å². The van der Waals surface area contributed by atoms with Crippen LogP contribution in [0.4, 0.5) is 11.4 Å². The van der Waals surface area contributed by atoms with E-state index in [1.54, 1.807) is 19.4 Å². The zero-order chi connectivity index (χ0) is 20.6. The molecule has 3 aromatic rings. The maximum absolute atomic E-state index is 12.4. The lowest BCUT2D eigenvalue weighted by Gasteiger charge is -2.10. The average Bonchev–Trinajstić information content (AvgIpc) is 2.75. The fourth-order valence-corrected chi connectivity index (χ4v) is 2.95. The van der Waals surface area contributed by atoms with Crippen LogP contribution < -0.4 is 15.4 Å². The number of benzene rings is 2. The molecule has 1 aromatic heterocycles. The molecule has 150 valence electrons. The van der Waals surface area contributed by atoms with Crippen LogP contribution in [-0.4, -0.2) is 24.5 Å². The molecule has 0 bridgehead atoms. The highest BCUT2D eigenvalue weighted by Crippen LogP contribution is 2.20. The molecule has 0 unspecified atom stereocenters. The number of aromatic nitrogens is 1. The van der Waals surface area contributed by atoms with Crippen LogP contribution in [0.5, 0.6) is 5.75 Å². The fourth-order valence-electron chi connectivity index (χ4n) is 2.95. The minimum absolute atomic E-state index is 0.183. The van der Waals surface area contributed by atoms with Crippen LogP contribution >= 0.6 is 0 Å². The topological polar surface area (TPSA) is 63.2 Å². The van der Waals surface area contributed by atoms with E-state index in [0.717, 1.165) is 29.1 Å². The second-order valence-electron chi connectivity index (χ2n) is 7.19. The summed E-state index contributed by atoms with van der Waals surface area (Å²) in [6.45, 7) is 4.89. The quantitative estimate of drug-likeness (QED) is 0.573.